The van der Waals surface area contributed by atoms with Crippen molar-refractivity contribution in [1.29, 1.82) is 0 Å². The summed E-state index contributed by atoms with van der Waals surface area (Å²) in [6.45, 7) is 0.428. The van der Waals surface area contributed by atoms with Gasteiger partial charge in [-0.25, -0.2) is 0 Å². The zero-order valence-electron chi connectivity index (χ0n) is 10.4. The first kappa shape index (κ1) is 13.5. The zero-order chi connectivity index (χ0) is 13.7. The number of carbonyl (C=O) groups is 1. The van der Waals surface area contributed by atoms with Crippen molar-refractivity contribution in [2.24, 2.45) is 0 Å². The predicted molar refractivity (Wildman–Crippen MR) is 76.2 cm³/mol. The maximum absolute atomic E-state index is 11.9. The number of carbonyl (C=O) groups excluding carboxylic acids is 1. The fraction of sp³-hybridized carbons (Fsp3) is 0.143. The molecule has 0 N–H and O–H groups in total. The summed E-state index contributed by atoms with van der Waals surface area (Å²) in [7, 11) is 1.72. The van der Waals surface area contributed by atoms with E-state index in [9.17, 15) is 4.79 Å². The minimum absolute atomic E-state index is 0.0989. The number of likely N-dealkylation sites (N-methyl/N-ethyl adjacent to an activating group) is 1. The van der Waals surface area contributed by atoms with Gasteiger partial charge >= 0.3 is 0 Å². The van der Waals surface area contributed by atoms with Crippen LogP contribution >= 0.6 is 15.9 Å². The molecule has 2 heterocycles. The third-order valence-electron chi connectivity index (χ3n) is 2.48. The first-order chi connectivity index (χ1) is 9.15. The van der Waals surface area contributed by atoms with Gasteiger partial charge in [0.2, 0.25) is 5.91 Å². The Morgan fingerprint density at radius 1 is 1.42 bits per heavy atom. The molecule has 98 valence electrons. The Hall–Kier alpha value is -1.88. The lowest BCUT2D eigenvalue weighted by Gasteiger charge is -2.12. The molecule has 0 aromatic carbocycles. The molecular weight excluding hydrogens is 308 g/mol. The molecule has 4 nitrogen and oxygen atoms in total. The molecule has 0 saturated heterocycles. The van der Waals surface area contributed by atoms with Gasteiger partial charge in [0.05, 0.1) is 12.2 Å². The molecule has 0 radical (unpaired) electrons. The highest BCUT2D eigenvalue weighted by Crippen LogP contribution is 2.15. The Morgan fingerprint density at radius 3 is 2.89 bits per heavy atom. The summed E-state index contributed by atoms with van der Waals surface area (Å²) < 4.78 is 6.01. The van der Waals surface area contributed by atoms with E-state index in [1.807, 2.05) is 24.3 Å². The van der Waals surface area contributed by atoms with Crippen LogP contribution in [0.5, 0.6) is 0 Å². The normalized spacial score (nSPS) is 10.8. The van der Waals surface area contributed by atoms with Gasteiger partial charge in [-0.1, -0.05) is 6.07 Å². The minimum atomic E-state index is -0.0989. The third kappa shape index (κ3) is 4.06. The van der Waals surface area contributed by atoms with Crippen molar-refractivity contribution in [1.82, 2.24) is 9.88 Å². The quantitative estimate of drug-likeness (QED) is 0.813. The van der Waals surface area contributed by atoms with Crippen molar-refractivity contribution in [3.8, 4) is 0 Å². The minimum Gasteiger partial charge on any atom is -0.452 e. The fourth-order valence-electron chi connectivity index (χ4n) is 1.51. The molecule has 0 saturated carbocycles. The summed E-state index contributed by atoms with van der Waals surface area (Å²) in [5.41, 5.74) is 0.755. The molecule has 1 amide bonds. The van der Waals surface area contributed by atoms with Gasteiger partial charge in [-0.2, -0.15) is 0 Å². The van der Waals surface area contributed by atoms with Gasteiger partial charge < -0.3 is 9.32 Å². The smallest absolute Gasteiger partial charge is 0.246 e. The maximum Gasteiger partial charge on any atom is 0.246 e. The number of hydrogen-bond donors (Lipinski definition) is 0. The van der Waals surface area contributed by atoms with Crippen molar-refractivity contribution >= 4 is 27.9 Å². The molecule has 0 unspecified atom stereocenters. The number of nitrogens with zero attached hydrogens (tertiary/aromatic N) is 2. The van der Waals surface area contributed by atoms with Crippen LogP contribution in [0.2, 0.25) is 0 Å². The summed E-state index contributed by atoms with van der Waals surface area (Å²) in [4.78, 5) is 17.6. The van der Waals surface area contributed by atoms with Crippen LogP contribution in [0, 0.1) is 0 Å². The topological polar surface area (TPSA) is 46.3 Å². The lowest BCUT2D eigenvalue weighted by Crippen LogP contribution is -2.23. The molecular formula is C14H13BrN2O2. The fourth-order valence-corrected chi connectivity index (χ4v) is 1.85. The Morgan fingerprint density at radius 2 is 2.26 bits per heavy atom. The van der Waals surface area contributed by atoms with E-state index in [-0.39, 0.29) is 5.91 Å². The second kappa shape index (κ2) is 6.33. The molecule has 0 fully saturated rings. The molecule has 0 aliphatic rings. The van der Waals surface area contributed by atoms with Crippen molar-refractivity contribution < 1.29 is 9.21 Å². The number of halogens is 1. The number of aromatic nitrogens is 1. The number of rotatable bonds is 4. The summed E-state index contributed by atoms with van der Waals surface area (Å²) in [5.74, 6) is 0.632. The molecule has 2 aromatic rings. The van der Waals surface area contributed by atoms with Crippen LogP contribution in [-0.4, -0.2) is 22.8 Å². The first-order valence-electron chi connectivity index (χ1n) is 5.73. The summed E-state index contributed by atoms with van der Waals surface area (Å²) in [5, 5.41) is 0. The van der Waals surface area contributed by atoms with Crippen LogP contribution in [0.15, 0.2) is 51.7 Å². The van der Waals surface area contributed by atoms with Gasteiger partial charge in [0.1, 0.15) is 5.76 Å². The SMILES string of the molecule is CN(Cc1ccc(Br)o1)C(=O)/C=C/c1ccccn1. The van der Waals surface area contributed by atoms with Crippen molar-refractivity contribution in [3.63, 3.8) is 0 Å². The van der Waals surface area contributed by atoms with E-state index in [1.54, 1.807) is 30.3 Å². The monoisotopic (exact) mass is 320 g/mol. The third-order valence-corrected chi connectivity index (χ3v) is 2.91. The summed E-state index contributed by atoms with van der Waals surface area (Å²) in [6, 6.07) is 9.18. The van der Waals surface area contributed by atoms with Gasteiger partial charge in [-0.15, -0.1) is 0 Å². The zero-order valence-corrected chi connectivity index (χ0v) is 12.0. The van der Waals surface area contributed by atoms with Crippen LogP contribution in [0.25, 0.3) is 6.08 Å². The maximum atomic E-state index is 11.9. The van der Waals surface area contributed by atoms with Gasteiger partial charge in [-0.05, 0) is 46.3 Å². The van der Waals surface area contributed by atoms with Crippen LogP contribution in [-0.2, 0) is 11.3 Å². The standard InChI is InChI=1S/C14H13BrN2O2/c1-17(10-12-6-7-13(15)19-12)14(18)8-5-11-4-2-3-9-16-11/h2-9H,10H2,1H3/b8-5+. The van der Waals surface area contributed by atoms with Crippen molar-refractivity contribution in [3.05, 3.63) is 58.7 Å². The molecule has 0 spiro atoms. The number of hydrogen-bond acceptors (Lipinski definition) is 3. The Balaban J connectivity index is 1.94. The Bertz CT molecular complexity index is 578. The predicted octanol–water partition coefficient (Wildman–Crippen LogP) is 3.11. The van der Waals surface area contributed by atoms with E-state index >= 15 is 0 Å². The van der Waals surface area contributed by atoms with Gasteiger partial charge in [0.25, 0.3) is 0 Å². The van der Waals surface area contributed by atoms with Gasteiger partial charge in [-0.3, -0.25) is 9.78 Å². The van der Waals surface area contributed by atoms with E-state index < -0.39 is 0 Å². The second-order valence-electron chi connectivity index (χ2n) is 3.99. The highest BCUT2D eigenvalue weighted by molar-refractivity contribution is 9.10. The number of amides is 1. The molecule has 0 aliphatic carbocycles. The highest BCUT2D eigenvalue weighted by Gasteiger charge is 2.08. The van der Waals surface area contributed by atoms with Gasteiger partial charge in [0.15, 0.2) is 4.67 Å². The number of pyridine rings is 1. The summed E-state index contributed by atoms with van der Waals surface area (Å²) >= 11 is 3.23. The van der Waals surface area contributed by atoms with Crippen molar-refractivity contribution in [2.45, 2.75) is 6.54 Å². The lowest BCUT2D eigenvalue weighted by atomic mass is 10.3. The van der Waals surface area contributed by atoms with Crippen LogP contribution < -0.4 is 0 Å². The molecule has 2 rings (SSSR count). The van der Waals surface area contributed by atoms with Crippen LogP contribution in [0.3, 0.4) is 0 Å². The van der Waals surface area contributed by atoms with Crippen molar-refractivity contribution in [2.75, 3.05) is 7.05 Å². The van der Waals surface area contributed by atoms with Crippen LogP contribution in [0.1, 0.15) is 11.5 Å². The van der Waals surface area contributed by atoms with E-state index in [0.717, 1.165) is 11.5 Å². The molecule has 0 aliphatic heterocycles. The molecule has 19 heavy (non-hydrogen) atoms. The average molecular weight is 321 g/mol. The van der Waals surface area contributed by atoms with E-state index in [2.05, 4.69) is 20.9 Å². The molecule has 2 aromatic heterocycles. The largest absolute Gasteiger partial charge is 0.452 e. The lowest BCUT2D eigenvalue weighted by molar-refractivity contribution is -0.125. The number of furan rings is 1. The Labute approximate surface area is 119 Å². The molecule has 0 bridgehead atoms. The molecule has 5 heteroatoms. The highest BCUT2D eigenvalue weighted by atomic mass is 79.9. The average Bonchev–Trinajstić information content (AvgIpc) is 2.82. The summed E-state index contributed by atoms with van der Waals surface area (Å²) in [6.07, 6.45) is 4.88. The van der Waals surface area contributed by atoms with E-state index in [0.29, 0.717) is 11.2 Å². The van der Waals surface area contributed by atoms with E-state index in [1.165, 1.54) is 6.08 Å². The van der Waals surface area contributed by atoms with Crippen LogP contribution in [0.4, 0.5) is 0 Å². The first-order valence-corrected chi connectivity index (χ1v) is 6.53. The molecule has 0 atom stereocenters. The second-order valence-corrected chi connectivity index (χ2v) is 4.77. The van der Waals surface area contributed by atoms with Gasteiger partial charge in [0, 0.05) is 19.3 Å². The van der Waals surface area contributed by atoms with E-state index in [4.69, 9.17) is 4.42 Å². The Kier molecular flexibility index (Phi) is 4.52.